The molecule has 3 aromatic rings. The first-order valence-corrected chi connectivity index (χ1v) is 8.74. The molecule has 0 atom stereocenters. The van der Waals surface area contributed by atoms with E-state index in [0.29, 0.717) is 34.8 Å². The van der Waals surface area contributed by atoms with Crippen molar-refractivity contribution in [2.24, 2.45) is 19.8 Å². The summed E-state index contributed by atoms with van der Waals surface area (Å²) >= 11 is 3.34. The standard InChI is InChI=1S/C17H19BrN6O2/c1-23-10-13(18)16(22-23)17(25)21-11-3-4-15(26-8-6-19)12(9-11)14-5-7-20-24(14)2/h3-5,7,9-10H,6,8,19H2,1-2H3,(H,21,25). The summed E-state index contributed by atoms with van der Waals surface area (Å²) in [6.07, 6.45) is 3.43. The third-order valence-corrected chi connectivity index (χ3v) is 4.29. The van der Waals surface area contributed by atoms with Crippen LogP contribution in [0.2, 0.25) is 0 Å². The van der Waals surface area contributed by atoms with Gasteiger partial charge in [-0.1, -0.05) is 0 Å². The second-order valence-electron chi connectivity index (χ2n) is 5.64. The first-order valence-electron chi connectivity index (χ1n) is 7.95. The zero-order valence-corrected chi connectivity index (χ0v) is 16.0. The summed E-state index contributed by atoms with van der Waals surface area (Å²) in [7, 11) is 3.60. The Bertz CT molecular complexity index is 933. The maximum absolute atomic E-state index is 12.5. The molecule has 0 fully saturated rings. The summed E-state index contributed by atoms with van der Waals surface area (Å²) in [6.45, 7) is 0.814. The molecule has 8 nitrogen and oxygen atoms in total. The number of carbonyl (C=O) groups is 1. The number of hydrogen-bond donors (Lipinski definition) is 2. The molecule has 3 N–H and O–H groups in total. The molecule has 0 saturated heterocycles. The van der Waals surface area contributed by atoms with Crippen molar-refractivity contribution in [3.05, 3.63) is 46.8 Å². The Kier molecular flexibility index (Phi) is 5.38. The number of rotatable bonds is 6. The smallest absolute Gasteiger partial charge is 0.277 e. The van der Waals surface area contributed by atoms with Gasteiger partial charge in [-0.2, -0.15) is 10.2 Å². The molecule has 0 spiro atoms. The van der Waals surface area contributed by atoms with Crippen molar-refractivity contribution < 1.29 is 9.53 Å². The molecule has 3 rings (SSSR count). The molecular formula is C17H19BrN6O2. The SMILES string of the molecule is Cn1cc(Br)c(C(=O)Nc2ccc(OCCN)c(-c3ccnn3C)c2)n1. The minimum absolute atomic E-state index is 0.302. The van der Waals surface area contributed by atoms with Gasteiger partial charge in [0.2, 0.25) is 0 Å². The average molecular weight is 419 g/mol. The second-order valence-corrected chi connectivity index (χ2v) is 6.50. The Morgan fingerprint density at radius 2 is 2.15 bits per heavy atom. The first kappa shape index (κ1) is 18.2. The number of hydrogen-bond acceptors (Lipinski definition) is 5. The molecule has 0 radical (unpaired) electrons. The number of nitrogens with zero attached hydrogens (tertiary/aromatic N) is 4. The molecule has 0 unspecified atom stereocenters. The van der Waals surface area contributed by atoms with Crippen molar-refractivity contribution in [3.63, 3.8) is 0 Å². The van der Waals surface area contributed by atoms with E-state index >= 15 is 0 Å². The van der Waals surface area contributed by atoms with Crippen molar-refractivity contribution in [3.8, 4) is 17.0 Å². The van der Waals surface area contributed by atoms with E-state index in [4.69, 9.17) is 10.5 Å². The van der Waals surface area contributed by atoms with E-state index in [2.05, 4.69) is 31.4 Å². The van der Waals surface area contributed by atoms with Gasteiger partial charge in [0.05, 0.1) is 10.2 Å². The quantitative estimate of drug-likeness (QED) is 0.638. The van der Waals surface area contributed by atoms with Crippen LogP contribution in [-0.2, 0) is 14.1 Å². The number of nitrogens with one attached hydrogen (secondary N) is 1. The van der Waals surface area contributed by atoms with E-state index < -0.39 is 0 Å². The maximum atomic E-state index is 12.5. The molecule has 0 aliphatic rings. The van der Waals surface area contributed by atoms with Gasteiger partial charge < -0.3 is 15.8 Å². The Labute approximate surface area is 159 Å². The molecule has 2 aromatic heterocycles. The fourth-order valence-corrected chi connectivity index (χ4v) is 3.10. The highest BCUT2D eigenvalue weighted by Crippen LogP contribution is 2.32. The van der Waals surface area contributed by atoms with E-state index in [9.17, 15) is 4.79 Å². The number of aryl methyl sites for hydroxylation is 2. The largest absolute Gasteiger partial charge is 0.492 e. The van der Waals surface area contributed by atoms with Crippen LogP contribution in [0.15, 0.2) is 41.1 Å². The van der Waals surface area contributed by atoms with Crippen LogP contribution in [0.1, 0.15) is 10.5 Å². The van der Waals surface area contributed by atoms with Gasteiger partial charge in [-0.3, -0.25) is 14.2 Å². The lowest BCUT2D eigenvalue weighted by Gasteiger charge is -2.13. The van der Waals surface area contributed by atoms with Gasteiger partial charge in [0, 0.05) is 44.3 Å². The number of benzene rings is 1. The summed E-state index contributed by atoms with van der Waals surface area (Å²) in [5.74, 6) is 0.375. The van der Waals surface area contributed by atoms with Crippen molar-refractivity contribution in [2.75, 3.05) is 18.5 Å². The van der Waals surface area contributed by atoms with Crippen LogP contribution in [0.4, 0.5) is 5.69 Å². The highest BCUT2D eigenvalue weighted by atomic mass is 79.9. The lowest BCUT2D eigenvalue weighted by atomic mass is 10.1. The molecule has 0 saturated carbocycles. The minimum Gasteiger partial charge on any atom is -0.492 e. The molecule has 0 aliphatic heterocycles. The number of ether oxygens (including phenoxy) is 1. The molecular weight excluding hydrogens is 400 g/mol. The summed E-state index contributed by atoms with van der Waals surface area (Å²) in [5, 5.41) is 11.2. The molecule has 0 aliphatic carbocycles. The van der Waals surface area contributed by atoms with Gasteiger partial charge in [-0.05, 0) is 40.2 Å². The molecule has 26 heavy (non-hydrogen) atoms. The molecule has 2 heterocycles. The third kappa shape index (κ3) is 3.78. The van der Waals surface area contributed by atoms with Crippen LogP contribution in [0.25, 0.3) is 11.3 Å². The van der Waals surface area contributed by atoms with Crippen molar-refractivity contribution >= 4 is 27.5 Å². The number of carbonyl (C=O) groups excluding carboxylic acids is 1. The van der Waals surface area contributed by atoms with Crippen molar-refractivity contribution in [2.45, 2.75) is 0 Å². The number of halogens is 1. The van der Waals surface area contributed by atoms with Gasteiger partial charge in [0.1, 0.15) is 12.4 Å². The van der Waals surface area contributed by atoms with Gasteiger partial charge in [0.25, 0.3) is 5.91 Å². The van der Waals surface area contributed by atoms with E-state index in [0.717, 1.165) is 11.3 Å². The van der Waals surface area contributed by atoms with Gasteiger partial charge in [-0.15, -0.1) is 0 Å². The Morgan fingerprint density at radius 1 is 1.35 bits per heavy atom. The van der Waals surface area contributed by atoms with Crippen LogP contribution < -0.4 is 15.8 Å². The zero-order valence-electron chi connectivity index (χ0n) is 14.4. The van der Waals surface area contributed by atoms with Crippen LogP contribution in [0, 0.1) is 0 Å². The van der Waals surface area contributed by atoms with Crippen molar-refractivity contribution in [1.29, 1.82) is 0 Å². The van der Waals surface area contributed by atoms with Crippen LogP contribution in [0.5, 0.6) is 5.75 Å². The van der Waals surface area contributed by atoms with E-state index in [-0.39, 0.29) is 5.91 Å². The monoisotopic (exact) mass is 418 g/mol. The van der Waals surface area contributed by atoms with Crippen LogP contribution in [-0.4, -0.2) is 38.6 Å². The summed E-state index contributed by atoms with van der Waals surface area (Å²) < 4.78 is 9.68. The molecule has 0 bridgehead atoms. The van der Waals surface area contributed by atoms with E-state index in [1.807, 2.05) is 19.2 Å². The molecule has 1 aromatic carbocycles. The Morgan fingerprint density at radius 3 is 2.77 bits per heavy atom. The summed E-state index contributed by atoms with van der Waals surface area (Å²) in [5.41, 5.74) is 8.17. The van der Waals surface area contributed by atoms with Gasteiger partial charge in [0.15, 0.2) is 5.69 Å². The number of aromatic nitrogens is 4. The average Bonchev–Trinajstić information content (AvgIpc) is 3.18. The van der Waals surface area contributed by atoms with E-state index in [1.165, 1.54) is 0 Å². The highest BCUT2D eigenvalue weighted by Gasteiger charge is 2.16. The fraction of sp³-hybridized carbons (Fsp3) is 0.235. The number of amides is 1. The second kappa shape index (κ2) is 7.71. The zero-order chi connectivity index (χ0) is 18.7. The maximum Gasteiger partial charge on any atom is 0.277 e. The number of nitrogens with two attached hydrogens (primary N) is 1. The van der Waals surface area contributed by atoms with Gasteiger partial charge >= 0.3 is 0 Å². The molecule has 9 heteroatoms. The van der Waals surface area contributed by atoms with E-state index in [1.54, 1.807) is 40.9 Å². The predicted octanol–water partition coefficient (Wildman–Crippen LogP) is 2.17. The van der Waals surface area contributed by atoms with Crippen LogP contribution in [0.3, 0.4) is 0 Å². The lowest BCUT2D eigenvalue weighted by molar-refractivity contribution is 0.102. The summed E-state index contributed by atoms with van der Waals surface area (Å²) in [6, 6.07) is 7.31. The predicted molar refractivity (Wildman–Crippen MR) is 102 cm³/mol. The summed E-state index contributed by atoms with van der Waals surface area (Å²) in [4.78, 5) is 12.5. The van der Waals surface area contributed by atoms with Gasteiger partial charge in [-0.25, -0.2) is 0 Å². The third-order valence-electron chi connectivity index (χ3n) is 3.71. The van der Waals surface area contributed by atoms with Crippen LogP contribution >= 0.6 is 15.9 Å². The molecule has 136 valence electrons. The Balaban J connectivity index is 1.92. The fourth-order valence-electron chi connectivity index (χ4n) is 2.54. The van der Waals surface area contributed by atoms with Crippen molar-refractivity contribution in [1.82, 2.24) is 19.6 Å². The lowest BCUT2D eigenvalue weighted by Crippen LogP contribution is -2.14. The minimum atomic E-state index is -0.302. The topological polar surface area (TPSA) is 100.0 Å². The molecule has 1 amide bonds. The normalized spacial score (nSPS) is 10.8. The first-order chi connectivity index (χ1) is 12.5. The number of anilines is 1. The Hall–Kier alpha value is -2.65. The highest BCUT2D eigenvalue weighted by molar-refractivity contribution is 9.10.